The topological polar surface area (TPSA) is 68.9 Å². The van der Waals surface area contributed by atoms with Gasteiger partial charge in [0.2, 0.25) is 0 Å². The number of nitrogens with zero attached hydrogens (tertiary/aromatic N) is 4. The van der Waals surface area contributed by atoms with Crippen LogP contribution in [-0.4, -0.2) is 58.9 Å². The van der Waals surface area contributed by atoms with E-state index in [1.807, 2.05) is 18.7 Å². The van der Waals surface area contributed by atoms with Gasteiger partial charge in [-0.1, -0.05) is 43.8 Å². The number of benzene rings is 2. The van der Waals surface area contributed by atoms with Crippen molar-refractivity contribution in [2.24, 2.45) is 4.99 Å². The summed E-state index contributed by atoms with van der Waals surface area (Å²) in [6.07, 6.45) is -4.56. The van der Waals surface area contributed by atoms with Crippen LogP contribution in [0.15, 0.2) is 59.1 Å². The smallest absolute Gasteiger partial charge is 0.416 e. The van der Waals surface area contributed by atoms with E-state index in [0.29, 0.717) is 23.4 Å². The highest BCUT2D eigenvalue weighted by atomic mass is 32.2. The van der Waals surface area contributed by atoms with Crippen molar-refractivity contribution >= 4 is 28.6 Å². The third-order valence-corrected chi connectivity index (χ3v) is 7.32. The Morgan fingerprint density at radius 2 is 1.84 bits per heavy atom. The second kappa shape index (κ2) is 13.0. The second-order valence-electron chi connectivity index (χ2n) is 8.60. The third kappa shape index (κ3) is 6.97. The van der Waals surface area contributed by atoms with Gasteiger partial charge in [0, 0.05) is 24.4 Å². The summed E-state index contributed by atoms with van der Waals surface area (Å²) in [5.74, 6) is -0.172. The zero-order valence-corrected chi connectivity index (χ0v) is 22.7. The fourth-order valence-corrected chi connectivity index (χ4v) is 5.30. The number of carbonyl (C=O) groups excluding carboxylic acids is 1. The number of hydrogen-bond acceptors (Lipinski definition) is 7. The van der Waals surface area contributed by atoms with Crippen molar-refractivity contribution in [3.05, 3.63) is 70.8 Å². The van der Waals surface area contributed by atoms with Crippen LogP contribution in [-0.2, 0) is 11.0 Å². The van der Waals surface area contributed by atoms with Gasteiger partial charge in [0.05, 0.1) is 34.5 Å². The maximum Gasteiger partial charge on any atom is 0.416 e. The number of ether oxygens (including phenoxy) is 1. The number of amidine groups is 1. The molecule has 3 rings (SSSR count). The van der Waals surface area contributed by atoms with Gasteiger partial charge < -0.3 is 14.5 Å². The number of rotatable bonds is 9. The molecule has 202 valence electrons. The highest BCUT2D eigenvalue weighted by molar-refractivity contribution is 8.13. The summed E-state index contributed by atoms with van der Waals surface area (Å²) in [6, 6.07) is 12.6. The number of halogens is 3. The summed E-state index contributed by atoms with van der Waals surface area (Å²) in [5, 5.41) is 9.95. The molecule has 0 aromatic heterocycles. The maximum atomic E-state index is 13.5. The summed E-state index contributed by atoms with van der Waals surface area (Å²) in [7, 11) is 0. The standard InChI is InChI=1S/C28H31F3N4O2S/c1-5-34(6-2)15-16-38-27-33-25(21-13-11-20(18-32)12-14-21)24(19(4)35(27)7-3)26(36)37-23-10-8-9-22(17-23)28(29,30)31/h8-14,17,19H,5-7,15-16H2,1-4H3. The molecule has 1 atom stereocenters. The van der Waals surface area contributed by atoms with Crippen molar-refractivity contribution in [3.8, 4) is 11.8 Å². The van der Waals surface area contributed by atoms with Gasteiger partial charge in [-0.3, -0.25) is 0 Å². The summed E-state index contributed by atoms with van der Waals surface area (Å²) in [6.45, 7) is 11.4. The minimum atomic E-state index is -4.56. The fraction of sp³-hybridized carbons (Fsp3) is 0.393. The lowest BCUT2D eigenvalue weighted by Crippen LogP contribution is -2.44. The fourth-order valence-electron chi connectivity index (χ4n) is 4.16. The predicted molar refractivity (Wildman–Crippen MR) is 145 cm³/mol. The van der Waals surface area contributed by atoms with Crippen LogP contribution in [0.4, 0.5) is 13.2 Å². The first-order valence-electron chi connectivity index (χ1n) is 12.5. The first-order valence-corrected chi connectivity index (χ1v) is 13.5. The van der Waals surface area contributed by atoms with E-state index in [-0.39, 0.29) is 11.3 Å². The molecule has 2 aromatic carbocycles. The van der Waals surface area contributed by atoms with E-state index in [4.69, 9.17) is 9.73 Å². The third-order valence-electron chi connectivity index (χ3n) is 6.35. The normalized spacial score (nSPS) is 15.9. The lowest BCUT2D eigenvalue weighted by atomic mass is 9.98. The Balaban J connectivity index is 2.03. The van der Waals surface area contributed by atoms with Crippen molar-refractivity contribution < 1.29 is 22.7 Å². The molecule has 0 saturated heterocycles. The number of carbonyl (C=O) groups is 1. The monoisotopic (exact) mass is 544 g/mol. The Kier molecular flexibility index (Phi) is 10.00. The molecule has 0 N–H and O–H groups in total. The van der Waals surface area contributed by atoms with E-state index < -0.39 is 23.8 Å². The molecule has 38 heavy (non-hydrogen) atoms. The highest BCUT2D eigenvalue weighted by Gasteiger charge is 2.35. The number of likely N-dealkylation sites (N-methyl/N-ethyl adjacent to an activating group) is 1. The molecule has 2 aromatic rings. The van der Waals surface area contributed by atoms with Crippen LogP contribution in [0.2, 0.25) is 0 Å². The van der Waals surface area contributed by atoms with Crippen molar-refractivity contribution in [2.75, 3.05) is 31.9 Å². The first-order chi connectivity index (χ1) is 18.1. The van der Waals surface area contributed by atoms with E-state index in [1.54, 1.807) is 36.0 Å². The number of aliphatic imine (C=N–C) groups is 1. The van der Waals surface area contributed by atoms with Gasteiger partial charge in [0.15, 0.2) is 5.17 Å². The van der Waals surface area contributed by atoms with Crippen LogP contribution in [0.1, 0.15) is 44.4 Å². The van der Waals surface area contributed by atoms with Gasteiger partial charge in [-0.15, -0.1) is 0 Å². The van der Waals surface area contributed by atoms with E-state index in [1.165, 1.54) is 12.1 Å². The first kappa shape index (κ1) is 29.3. The number of esters is 1. The van der Waals surface area contributed by atoms with E-state index in [0.717, 1.165) is 42.7 Å². The lowest BCUT2D eigenvalue weighted by molar-refractivity contribution is -0.138. The summed E-state index contributed by atoms with van der Waals surface area (Å²) >= 11 is 1.59. The predicted octanol–water partition coefficient (Wildman–Crippen LogP) is 6.05. The Morgan fingerprint density at radius 1 is 1.16 bits per heavy atom. The molecule has 0 saturated carbocycles. The SMILES string of the molecule is CCN(CC)CCSC1=NC(c2ccc(C#N)cc2)=C(C(=O)Oc2cccc(C(F)(F)F)c2)C(C)N1CC. The summed E-state index contributed by atoms with van der Waals surface area (Å²) < 4.78 is 45.1. The van der Waals surface area contributed by atoms with E-state index in [2.05, 4.69) is 24.8 Å². The van der Waals surface area contributed by atoms with Gasteiger partial charge in [-0.2, -0.15) is 18.4 Å². The van der Waals surface area contributed by atoms with Crippen LogP contribution < -0.4 is 4.74 Å². The van der Waals surface area contributed by atoms with E-state index in [9.17, 15) is 23.2 Å². The molecule has 0 aliphatic carbocycles. The molecule has 6 nitrogen and oxygen atoms in total. The summed E-state index contributed by atoms with van der Waals surface area (Å²) in [5.41, 5.74) is 0.792. The number of hydrogen-bond donors (Lipinski definition) is 0. The minimum Gasteiger partial charge on any atom is -0.423 e. The Morgan fingerprint density at radius 3 is 2.42 bits per heavy atom. The molecule has 1 heterocycles. The molecule has 0 fully saturated rings. The molecular weight excluding hydrogens is 513 g/mol. The molecule has 0 radical (unpaired) electrons. The summed E-state index contributed by atoms with van der Waals surface area (Å²) in [4.78, 5) is 22.6. The van der Waals surface area contributed by atoms with Crippen molar-refractivity contribution in [1.29, 1.82) is 5.26 Å². The van der Waals surface area contributed by atoms with Gasteiger partial charge in [0.1, 0.15) is 5.75 Å². The molecule has 0 spiro atoms. The molecular formula is C28H31F3N4O2S. The van der Waals surface area contributed by atoms with E-state index >= 15 is 0 Å². The quantitative estimate of drug-likeness (QED) is 0.283. The van der Waals surface area contributed by atoms with Gasteiger partial charge in [-0.25, -0.2) is 9.79 Å². The highest BCUT2D eigenvalue weighted by Crippen LogP contribution is 2.35. The van der Waals surface area contributed by atoms with Crippen LogP contribution in [0.5, 0.6) is 5.75 Å². The number of nitriles is 1. The van der Waals surface area contributed by atoms with Gasteiger partial charge >= 0.3 is 12.1 Å². The van der Waals surface area contributed by atoms with Gasteiger partial charge in [0.25, 0.3) is 0 Å². The molecule has 1 aliphatic heterocycles. The average molecular weight is 545 g/mol. The molecule has 10 heteroatoms. The molecule has 0 amide bonds. The zero-order chi connectivity index (χ0) is 27.9. The lowest BCUT2D eigenvalue weighted by Gasteiger charge is -2.36. The number of thioether (sulfide) groups is 1. The second-order valence-corrected chi connectivity index (χ2v) is 9.66. The van der Waals surface area contributed by atoms with Crippen LogP contribution in [0, 0.1) is 11.3 Å². The largest absolute Gasteiger partial charge is 0.423 e. The Bertz CT molecular complexity index is 1230. The molecule has 1 unspecified atom stereocenters. The van der Waals surface area contributed by atoms with Crippen molar-refractivity contribution in [1.82, 2.24) is 9.80 Å². The van der Waals surface area contributed by atoms with Crippen LogP contribution in [0.25, 0.3) is 5.70 Å². The van der Waals surface area contributed by atoms with Crippen LogP contribution in [0.3, 0.4) is 0 Å². The van der Waals surface area contributed by atoms with Crippen LogP contribution >= 0.6 is 11.8 Å². The van der Waals surface area contributed by atoms with Crippen molar-refractivity contribution in [3.63, 3.8) is 0 Å². The van der Waals surface area contributed by atoms with Crippen molar-refractivity contribution in [2.45, 2.75) is 39.9 Å². The van der Waals surface area contributed by atoms with Gasteiger partial charge in [-0.05, 0) is 57.3 Å². The molecule has 0 bridgehead atoms. The Hall–Kier alpha value is -3.29. The minimum absolute atomic E-state index is 0.199. The maximum absolute atomic E-state index is 13.5. The Labute approximate surface area is 225 Å². The zero-order valence-electron chi connectivity index (χ0n) is 21.9. The molecule has 1 aliphatic rings. The number of alkyl halides is 3. The average Bonchev–Trinajstić information content (AvgIpc) is 2.90.